The van der Waals surface area contributed by atoms with Gasteiger partial charge in [0.05, 0.1) is 0 Å². The molecule has 0 amide bonds. The summed E-state index contributed by atoms with van der Waals surface area (Å²) in [5.41, 5.74) is 2.05. The van der Waals surface area contributed by atoms with E-state index in [1.165, 1.54) is 0 Å². The van der Waals surface area contributed by atoms with Gasteiger partial charge in [0.15, 0.2) is 0 Å². The molecular weight excluding hydrogens is 709 g/mol. The van der Waals surface area contributed by atoms with E-state index in [2.05, 4.69) is 142 Å². The molecule has 2 aromatic rings. The summed E-state index contributed by atoms with van der Waals surface area (Å²) in [7, 11) is -4.48. The molecule has 0 aliphatic heterocycles. The van der Waals surface area contributed by atoms with Crippen LogP contribution in [0.25, 0.3) is 0 Å². The van der Waals surface area contributed by atoms with Gasteiger partial charge in [-0.1, -0.05) is 36.4 Å². The third kappa shape index (κ3) is 14.1. The van der Waals surface area contributed by atoms with Crippen LogP contribution in [0, 0.1) is 0 Å². The lowest BCUT2D eigenvalue weighted by atomic mass is 10.1. The molecule has 52 heavy (non-hydrogen) atoms. The van der Waals surface area contributed by atoms with Crippen LogP contribution in [0.2, 0.25) is 0 Å². The van der Waals surface area contributed by atoms with Crippen LogP contribution in [0.3, 0.4) is 0 Å². The molecule has 0 heterocycles. The number of hydrogen-bond donors (Lipinski definition) is 0. The van der Waals surface area contributed by atoms with Crippen LogP contribution >= 0.6 is 25.2 Å². The van der Waals surface area contributed by atoms with Crippen molar-refractivity contribution in [2.75, 3.05) is 13.2 Å². The Hall–Kier alpha value is -1.24. The molecule has 0 fully saturated rings. The average Bonchev–Trinajstić information content (AvgIpc) is 3.01. The lowest BCUT2D eigenvalue weighted by Crippen LogP contribution is -2.44. The zero-order valence-electron chi connectivity index (χ0n) is 35.2. The van der Waals surface area contributed by atoms with Crippen LogP contribution in [0.15, 0.2) is 48.5 Å². The standard InChI is InChI=1S/C40H72N4O5P3/c1-29(2)41(30(3)4)50(42(31(5)6)32(7)8)48-39-23-19-17-21-37(39)25-27-46-52(45)47-28-26-38-22-18-20-24-40(38)49-51(43(33(9)10)34(11)12)44(35(13)14)36(15)16/h17-24,29-36H,25-28H2,1-16H3/q+1. The molecule has 0 bridgehead atoms. The molecule has 0 aliphatic rings. The summed E-state index contributed by atoms with van der Waals surface area (Å²) >= 11 is 0. The molecule has 0 radical (unpaired) electrons. The summed E-state index contributed by atoms with van der Waals surface area (Å²) < 4.78 is 48.2. The van der Waals surface area contributed by atoms with Gasteiger partial charge < -0.3 is 9.05 Å². The van der Waals surface area contributed by atoms with E-state index in [4.69, 9.17) is 18.1 Å². The van der Waals surface area contributed by atoms with E-state index in [0.29, 0.717) is 61.2 Å². The van der Waals surface area contributed by atoms with Gasteiger partial charge in [-0.25, -0.2) is 18.7 Å². The van der Waals surface area contributed by atoms with Gasteiger partial charge in [0.1, 0.15) is 24.7 Å². The lowest BCUT2D eigenvalue weighted by Gasteiger charge is -2.45. The maximum Gasteiger partial charge on any atom is 0.697 e. The van der Waals surface area contributed by atoms with Crippen LogP contribution in [0.4, 0.5) is 0 Å². The van der Waals surface area contributed by atoms with Crippen LogP contribution in [0.1, 0.15) is 122 Å². The molecule has 12 heteroatoms. The van der Waals surface area contributed by atoms with E-state index in [-0.39, 0.29) is 13.2 Å². The fraction of sp³-hybridized carbons (Fsp3) is 0.700. The molecule has 296 valence electrons. The second kappa shape index (κ2) is 23.0. The number of hydrogen-bond acceptors (Lipinski definition) is 9. The Labute approximate surface area is 321 Å². The topological polar surface area (TPSA) is 67.0 Å². The number of benzene rings is 2. The molecule has 0 spiro atoms. The first-order valence-electron chi connectivity index (χ1n) is 19.4. The van der Waals surface area contributed by atoms with E-state index in [0.717, 1.165) is 22.6 Å². The highest BCUT2D eigenvalue weighted by atomic mass is 31.2. The summed E-state index contributed by atoms with van der Waals surface area (Å²) in [6.07, 6.45) is 1.11. The fourth-order valence-electron chi connectivity index (χ4n) is 6.67. The summed E-state index contributed by atoms with van der Waals surface area (Å²) in [4.78, 5) is 0. The maximum absolute atomic E-state index is 12.9. The van der Waals surface area contributed by atoms with Crippen LogP contribution in [-0.4, -0.2) is 80.2 Å². The Kier molecular flexibility index (Phi) is 20.7. The second-order valence-electron chi connectivity index (χ2n) is 15.6. The van der Waals surface area contributed by atoms with E-state index in [1.807, 2.05) is 36.4 Å². The van der Waals surface area contributed by atoms with Gasteiger partial charge in [-0.2, -0.15) is 0 Å². The van der Waals surface area contributed by atoms with Crippen molar-refractivity contribution >= 4 is 25.2 Å². The molecule has 2 aromatic carbocycles. The monoisotopic (exact) mass is 781 g/mol. The molecule has 0 saturated carbocycles. The average molecular weight is 782 g/mol. The Morgan fingerprint density at radius 3 is 0.962 bits per heavy atom. The predicted octanol–water partition coefficient (Wildman–Crippen LogP) is 11.8. The predicted molar refractivity (Wildman–Crippen MR) is 223 cm³/mol. The minimum absolute atomic E-state index is 0.258. The Bertz CT molecular complexity index is 1160. The Balaban J connectivity index is 2.12. The Morgan fingerprint density at radius 1 is 0.462 bits per heavy atom. The highest BCUT2D eigenvalue weighted by Gasteiger charge is 2.37. The lowest BCUT2D eigenvalue weighted by molar-refractivity contribution is 0.221. The van der Waals surface area contributed by atoms with Gasteiger partial charge in [-0.05, 0) is 134 Å². The number of para-hydroxylation sites is 2. The maximum atomic E-state index is 12.9. The van der Waals surface area contributed by atoms with Gasteiger partial charge in [0.25, 0.3) is 0 Å². The molecule has 0 aromatic heterocycles. The van der Waals surface area contributed by atoms with Crippen molar-refractivity contribution in [2.45, 2.75) is 172 Å². The van der Waals surface area contributed by atoms with Crippen molar-refractivity contribution < 1.29 is 22.7 Å². The van der Waals surface area contributed by atoms with Crippen molar-refractivity contribution in [3.8, 4) is 11.5 Å². The summed E-state index contributed by atoms with van der Waals surface area (Å²) in [5.74, 6) is 1.68. The van der Waals surface area contributed by atoms with Crippen LogP contribution < -0.4 is 9.05 Å². The number of rotatable bonds is 24. The third-order valence-electron chi connectivity index (χ3n) is 8.46. The molecular formula is C40H72N4O5P3+. The summed E-state index contributed by atoms with van der Waals surface area (Å²) in [6.45, 7) is 36.3. The van der Waals surface area contributed by atoms with Crippen molar-refractivity contribution in [1.82, 2.24) is 18.7 Å². The first-order valence-corrected chi connectivity index (χ1v) is 22.8. The zero-order chi connectivity index (χ0) is 39.3. The van der Waals surface area contributed by atoms with Gasteiger partial charge in [-0.3, -0.25) is 0 Å². The van der Waals surface area contributed by atoms with Crippen molar-refractivity contribution in [2.24, 2.45) is 0 Å². The SMILES string of the molecule is CC(C)N(C(C)C)P(Oc1ccccc1CCO[P+](=O)OCCc1ccccc1OP(N(C(C)C)C(C)C)N(C(C)C)C(C)C)N(C(C)C)C(C)C. The van der Waals surface area contributed by atoms with E-state index < -0.39 is 25.2 Å². The van der Waals surface area contributed by atoms with Gasteiger partial charge >= 0.3 is 8.25 Å². The Morgan fingerprint density at radius 2 is 0.712 bits per heavy atom. The van der Waals surface area contributed by atoms with Crippen molar-refractivity contribution in [1.29, 1.82) is 0 Å². The fourth-order valence-corrected chi connectivity index (χ4v) is 11.9. The molecule has 9 nitrogen and oxygen atoms in total. The first-order chi connectivity index (χ1) is 24.4. The quantitative estimate of drug-likeness (QED) is 0.0969. The van der Waals surface area contributed by atoms with Gasteiger partial charge in [0.2, 0.25) is 16.9 Å². The number of nitrogens with zero attached hydrogens (tertiary/aromatic N) is 4. The van der Waals surface area contributed by atoms with Gasteiger partial charge in [0, 0.05) is 65.7 Å². The molecule has 0 atom stereocenters. The minimum Gasteiger partial charge on any atom is -0.444 e. The third-order valence-corrected chi connectivity index (χ3v) is 15.2. The molecule has 0 aliphatic carbocycles. The molecule has 2 rings (SSSR count). The highest BCUT2D eigenvalue weighted by Crippen LogP contribution is 2.52. The first kappa shape index (κ1) is 46.9. The van der Waals surface area contributed by atoms with E-state index in [1.54, 1.807) is 0 Å². The van der Waals surface area contributed by atoms with E-state index >= 15 is 0 Å². The molecule has 0 unspecified atom stereocenters. The minimum atomic E-state index is -2.29. The molecule has 0 saturated heterocycles. The smallest absolute Gasteiger partial charge is 0.444 e. The van der Waals surface area contributed by atoms with Crippen molar-refractivity contribution in [3.05, 3.63) is 59.7 Å². The van der Waals surface area contributed by atoms with Gasteiger partial charge in [-0.15, -0.1) is 9.05 Å². The normalized spacial score (nSPS) is 12.9. The highest BCUT2D eigenvalue weighted by molar-refractivity contribution is 7.48. The second-order valence-corrected chi connectivity index (χ2v) is 19.8. The summed E-state index contributed by atoms with van der Waals surface area (Å²) in [6, 6.07) is 18.8. The van der Waals surface area contributed by atoms with Crippen molar-refractivity contribution in [3.63, 3.8) is 0 Å². The van der Waals surface area contributed by atoms with Crippen LogP contribution in [0.5, 0.6) is 11.5 Å². The summed E-state index contributed by atoms with van der Waals surface area (Å²) in [5, 5.41) is 0. The molecule has 0 N–H and O–H groups in total. The largest absolute Gasteiger partial charge is 0.697 e. The van der Waals surface area contributed by atoms with Crippen LogP contribution in [-0.2, 0) is 26.5 Å². The van der Waals surface area contributed by atoms with E-state index in [9.17, 15) is 4.57 Å². The zero-order valence-corrected chi connectivity index (χ0v) is 37.9.